The zero-order valence-corrected chi connectivity index (χ0v) is 10.5. The summed E-state index contributed by atoms with van der Waals surface area (Å²) < 4.78 is 0. The van der Waals surface area contributed by atoms with Gasteiger partial charge in [-0.1, -0.05) is 18.7 Å². The number of rotatable bonds is 2. The van der Waals surface area contributed by atoms with Gasteiger partial charge in [0.15, 0.2) is 0 Å². The van der Waals surface area contributed by atoms with Gasteiger partial charge in [0.05, 0.1) is 16.8 Å². The lowest BCUT2D eigenvalue weighted by atomic mass is 10.1. The highest BCUT2D eigenvalue weighted by molar-refractivity contribution is 6.04. The van der Waals surface area contributed by atoms with Crippen LogP contribution in [0.4, 0.5) is 5.69 Å². The van der Waals surface area contributed by atoms with E-state index in [-0.39, 0.29) is 5.54 Å². The molecule has 0 bridgehead atoms. The number of anilines is 1. The monoisotopic (exact) mass is 227 g/mol. The van der Waals surface area contributed by atoms with Crippen molar-refractivity contribution in [3.8, 4) is 6.07 Å². The SMILES string of the molecule is C=CC(=NC(C)(C)C)Nc1ccccc1C#N. The first kappa shape index (κ1) is 13.0. The van der Waals surface area contributed by atoms with Crippen molar-refractivity contribution in [1.82, 2.24) is 0 Å². The molecule has 0 saturated carbocycles. The molecule has 0 aliphatic heterocycles. The quantitative estimate of drug-likeness (QED) is 0.622. The fourth-order valence-corrected chi connectivity index (χ4v) is 1.31. The van der Waals surface area contributed by atoms with Crippen LogP contribution < -0.4 is 5.32 Å². The van der Waals surface area contributed by atoms with Gasteiger partial charge in [-0.2, -0.15) is 5.26 Å². The first-order chi connectivity index (χ1) is 7.96. The summed E-state index contributed by atoms with van der Waals surface area (Å²) in [5.74, 6) is 0.667. The topological polar surface area (TPSA) is 48.2 Å². The van der Waals surface area contributed by atoms with Crippen LogP contribution in [0.1, 0.15) is 26.3 Å². The van der Waals surface area contributed by atoms with E-state index in [1.807, 2.05) is 39.0 Å². The molecule has 3 heteroatoms. The first-order valence-corrected chi connectivity index (χ1v) is 5.45. The molecule has 0 fully saturated rings. The van der Waals surface area contributed by atoms with Gasteiger partial charge in [0, 0.05) is 0 Å². The van der Waals surface area contributed by atoms with E-state index in [0.29, 0.717) is 11.4 Å². The van der Waals surface area contributed by atoms with Gasteiger partial charge in [0.25, 0.3) is 0 Å². The van der Waals surface area contributed by atoms with Crippen molar-refractivity contribution < 1.29 is 0 Å². The van der Waals surface area contributed by atoms with E-state index in [9.17, 15) is 0 Å². The van der Waals surface area contributed by atoms with Gasteiger partial charge in [-0.25, -0.2) is 0 Å². The molecular weight excluding hydrogens is 210 g/mol. The Morgan fingerprint density at radius 2 is 2.06 bits per heavy atom. The molecule has 1 rings (SSSR count). The van der Waals surface area contributed by atoms with E-state index in [1.54, 1.807) is 12.1 Å². The molecule has 0 aromatic heterocycles. The minimum absolute atomic E-state index is 0.182. The van der Waals surface area contributed by atoms with Crippen molar-refractivity contribution in [2.24, 2.45) is 4.99 Å². The number of benzene rings is 1. The van der Waals surface area contributed by atoms with Gasteiger partial charge in [-0.3, -0.25) is 4.99 Å². The number of amidine groups is 1. The Morgan fingerprint density at radius 1 is 1.41 bits per heavy atom. The molecule has 0 heterocycles. The maximum absolute atomic E-state index is 8.98. The van der Waals surface area contributed by atoms with Crippen molar-refractivity contribution in [1.29, 1.82) is 5.26 Å². The molecule has 3 nitrogen and oxygen atoms in total. The smallest absolute Gasteiger partial charge is 0.125 e. The number of hydrogen-bond acceptors (Lipinski definition) is 2. The van der Waals surface area contributed by atoms with Gasteiger partial charge < -0.3 is 5.32 Å². The van der Waals surface area contributed by atoms with Gasteiger partial charge in [-0.05, 0) is 39.0 Å². The number of aliphatic imine (C=N–C) groups is 1. The molecule has 0 spiro atoms. The number of hydrogen-bond donors (Lipinski definition) is 1. The van der Waals surface area contributed by atoms with Gasteiger partial charge >= 0.3 is 0 Å². The van der Waals surface area contributed by atoms with Crippen LogP contribution in [0.3, 0.4) is 0 Å². The Kier molecular flexibility index (Phi) is 4.06. The van der Waals surface area contributed by atoms with Crippen LogP contribution in [0.2, 0.25) is 0 Å². The molecule has 0 aliphatic rings. The molecule has 0 amide bonds. The predicted octanol–water partition coefficient (Wildman–Crippen LogP) is 3.35. The maximum Gasteiger partial charge on any atom is 0.125 e. The van der Waals surface area contributed by atoms with Crippen LogP contribution in [0.5, 0.6) is 0 Å². The first-order valence-electron chi connectivity index (χ1n) is 5.45. The highest BCUT2D eigenvalue weighted by Gasteiger charge is 2.09. The Labute approximate surface area is 102 Å². The Hall–Kier alpha value is -2.08. The summed E-state index contributed by atoms with van der Waals surface area (Å²) in [5, 5.41) is 12.1. The largest absolute Gasteiger partial charge is 0.339 e. The average molecular weight is 227 g/mol. The molecule has 0 atom stereocenters. The molecule has 1 N–H and O–H groups in total. The molecule has 88 valence electrons. The number of nitrogens with one attached hydrogen (secondary N) is 1. The Morgan fingerprint density at radius 3 is 2.59 bits per heavy atom. The summed E-state index contributed by atoms with van der Waals surface area (Å²) in [6.45, 7) is 9.75. The van der Waals surface area contributed by atoms with Crippen molar-refractivity contribution in [3.63, 3.8) is 0 Å². The highest BCUT2D eigenvalue weighted by Crippen LogP contribution is 2.15. The van der Waals surface area contributed by atoms with Gasteiger partial charge in [0.2, 0.25) is 0 Å². The van der Waals surface area contributed by atoms with E-state index in [2.05, 4.69) is 23.0 Å². The van der Waals surface area contributed by atoms with E-state index < -0.39 is 0 Å². The second-order valence-electron chi connectivity index (χ2n) is 4.65. The lowest BCUT2D eigenvalue weighted by molar-refractivity contribution is 0.584. The van der Waals surface area contributed by atoms with E-state index in [4.69, 9.17) is 5.26 Å². The minimum Gasteiger partial charge on any atom is -0.339 e. The normalized spacial score (nSPS) is 11.8. The third kappa shape index (κ3) is 4.12. The van der Waals surface area contributed by atoms with Crippen LogP contribution in [-0.4, -0.2) is 11.4 Å². The zero-order chi connectivity index (χ0) is 12.9. The van der Waals surface area contributed by atoms with Crippen LogP contribution in [-0.2, 0) is 0 Å². The third-order valence-electron chi connectivity index (χ3n) is 1.96. The summed E-state index contributed by atoms with van der Waals surface area (Å²) >= 11 is 0. The van der Waals surface area contributed by atoms with Crippen LogP contribution >= 0.6 is 0 Å². The summed E-state index contributed by atoms with van der Waals surface area (Å²) in [4.78, 5) is 4.48. The minimum atomic E-state index is -0.182. The van der Waals surface area contributed by atoms with Crippen LogP contribution in [0.15, 0.2) is 41.9 Å². The standard InChI is InChI=1S/C14H17N3/c1-5-13(17-14(2,3)4)16-12-9-7-6-8-11(12)10-15/h5-9H,1H2,2-4H3,(H,16,17). The van der Waals surface area contributed by atoms with Gasteiger partial charge in [-0.15, -0.1) is 0 Å². The fourth-order valence-electron chi connectivity index (χ4n) is 1.31. The van der Waals surface area contributed by atoms with E-state index in [0.717, 1.165) is 5.69 Å². The molecule has 0 aliphatic carbocycles. The van der Waals surface area contributed by atoms with Crippen molar-refractivity contribution in [2.75, 3.05) is 5.32 Å². The lowest BCUT2D eigenvalue weighted by Crippen LogP contribution is -2.18. The molecule has 0 radical (unpaired) electrons. The fraction of sp³-hybridized carbons (Fsp3) is 0.286. The van der Waals surface area contributed by atoms with Crippen molar-refractivity contribution in [3.05, 3.63) is 42.5 Å². The number of nitriles is 1. The van der Waals surface area contributed by atoms with Crippen LogP contribution in [0.25, 0.3) is 0 Å². The second kappa shape index (κ2) is 5.31. The molecule has 1 aromatic carbocycles. The van der Waals surface area contributed by atoms with Crippen molar-refractivity contribution >= 4 is 11.5 Å². The summed E-state index contributed by atoms with van der Waals surface area (Å²) in [7, 11) is 0. The van der Waals surface area contributed by atoms with Gasteiger partial charge in [0.1, 0.15) is 11.9 Å². The highest BCUT2D eigenvalue weighted by atomic mass is 15.0. The maximum atomic E-state index is 8.98. The lowest BCUT2D eigenvalue weighted by Gasteiger charge is -2.15. The Balaban J connectivity index is 3.01. The summed E-state index contributed by atoms with van der Waals surface area (Å²) in [6.07, 6.45) is 1.65. The molecular formula is C14H17N3. The zero-order valence-electron chi connectivity index (χ0n) is 10.5. The second-order valence-corrected chi connectivity index (χ2v) is 4.65. The number of para-hydroxylation sites is 1. The third-order valence-corrected chi connectivity index (χ3v) is 1.96. The Bertz CT molecular complexity index is 473. The average Bonchev–Trinajstić information content (AvgIpc) is 2.27. The molecule has 1 aromatic rings. The summed E-state index contributed by atoms with van der Waals surface area (Å²) in [5.41, 5.74) is 1.16. The molecule has 0 unspecified atom stereocenters. The van der Waals surface area contributed by atoms with Crippen molar-refractivity contribution in [2.45, 2.75) is 26.3 Å². The van der Waals surface area contributed by atoms with E-state index in [1.165, 1.54) is 0 Å². The summed E-state index contributed by atoms with van der Waals surface area (Å²) in [6, 6.07) is 9.46. The molecule has 0 saturated heterocycles. The predicted molar refractivity (Wildman–Crippen MR) is 72.2 cm³/mol. The number of nitrogens with zero attached hydrogens (tertiary/aromatic N) is 2. The van der Waals surface area contributed by atoms with E-state index >= 15 is 0 Å². The van der Waals surface area contributed by atoms with Crippen LogP contribution in [0, 0.1) is 11.3 Å². The molecule has 17 heavy (non-hydrogen) atoms.